The molecular formula is C12H10F2N4O3. The van der Waals surface area contributed by atoms with Crippen LogP contribution in [-0.2, 0) is 6.42 Å². The van der Waals surface area contributed by atoms with E-state index in [9.17, 15) is 23.7 Å². The molecule has 1 aromatic carbocycles. The summed E-state index contributed by atoms with van der Waals surface area (Å²) in [7, 11) is 0. The Bertz CT molecular complexity index is 715. The molecule has 1 heterocycles. The third kappa shape index (κ3) is 2.71. The third-order valence-corrected chi connectivity index (χ3v) is 2.83. The molecule has 0 saturated heterocycles. The molecular weight excluding hydrogens is 286 g/mol. The number of benzene rings is 1. The van der Waals surface area contributed by atoms with Gasteiger partial charge in [0.25, 0.3) is 5.91 Å². The van der Waals surface area contributed by atoms with Gasteiger partial charge in [-0.3, -0.25) is 20.0 Å². The van der Waals surface area contributed by atoms with Gasteiger partial charge in [-0.15, -0.1) is 0 Å². The lowest BCUT2D eigenvalue weighted by molar-refractivity contribution is -0.387. The van der Waals surface area contributed by atoms with Gasteiger partial charge >= 0.3 is 5.69 Å². The zero-order valence-electron chi connectivity index (χ0n) is 10.8. The number of carbonyl (C=O) groups is 1. The number of aromatic amines is 1. The highest BCUT2D eigenvalue weighted by atomic mass is 19.1. The maximum atomic E-state index is 13.9. The topological polar surface area (TPSA) is 101 Å². The minimum absolute atomic E-state index is 0.188. The SMILES string of the molecule is CCc1cn[nH]c1NC(=O)c1c(F)ccc([N+](=O)[O-])c1F. The zero-order chi connectivity index (χ0) is 15.6. The molecule has 9 heteroatoms. The summed E-state index contributed by atoms with van der Waals surface area (Å²) < 4.78 is 27.5. The quantitative estimate of drug-likeness (QED) is 0.668. The number of hydrogen-bond donors (Lipinski definition) is 2. The number of anilines is 1. The molecule has 0 atom stereocenters. The van der Waals surface area contributed by atoms with Crippen molar-refractivity contribution in [1.82, 2.24) is 10.2 Å². The fourth-order valence-electron chi connectivity index (χ4n) is 1.75. The van der Waals surface area contributed by atoms with E-state index < -0.39 is 33.7 Å². The van der Waals surface area contributed by atoms with Crippen molar-refractivity contribution in [1.29, 1.82) is 0 Å². The van der Waals surface area contributed by atoms with E-state index in [0.717, 1.165) is 0 Å². The predicted octanol–water partition coefficient (Wildman–Crippen LogP) is 2.41. The molecule has 1 aromatic heterocycles. The van der Waals surface area contributed by atoms with Gasteiger partial charge in [0.05, 0.1) is 11.1 Å². The first kappa shape index (κ1) is 14.6. The summed E-state index contributed by atoms with van der Waals surface area (Å²) in [5.41, 5.74) is -1.35. The van der Waals surface area contributed by atoms with Crippen LogP contribution in [0.3, 0.4) is 0 Å². The number of amides is 1. The van der Waals surface area contributed by atoms with Crippen LogP contribution in [0.15, 0.2) is 18.3 Å². The van der Waals surface area contributed by atoms with Crippen LogP contribution in [0.1, 0.15) is 22.8 Å². The minimum atomic E-state index is -1.52. The largest absolute Gasteiger partial charge is 0.307 e. The van der Waals surface area contributed by atoms with Crippen LogP contribution in [0.4, 0.5) is 20.3 Å². The number of aryl methyl sites for hydroxylation is 1. The van der Waals surface area contributed by atoms with E-state index in [2.05, 4.69) is 15.5 Å². The van der Waals surface area contributed by atoms with Gasteiger partial charge < -0.3 is 5.32 Å². The van der Waals surface area contributed by atoms with Crippen LogP contribution in [-0.4, -0.2) is 21.0 Å². The summed E-state index contributed by atoms with van der Waals surface area (Å²) in [6, 6.07) is 1.33. The van der Waals surface area contributed by atoms with Gasteiger partial charge in [-0.2, -0.15) is 9.49 Å². The number of carbonyl (C=O) groups excluding carboxylic acids is 1. The van der Waals surface area contributed by atoms with E-state index >= 15 is 0 Å². The molecule has 0 aliphatic heterocycles. The van der Waals surface area contributed by atoms with Gasteiger partial charge in [-0.1, -0.05) is 6.92 Å². The molecule has 1 amide bonds. The number of rotatable bonds is 4. The van der Waals surface area contributed by atoms with Gasteiger partial charge in [-0.25, -0.2) is 4.39 Å². The Labute approximate surface area is 117 Å². The standard InChI is InChI=1S/C12H10F2N4O3/c1-2-6-5-15-17-11(6)16-12(19)9-7(13)3-4-8(10(9)14)18(20)21/h3-5H,2H2,1H3,(H2,15,16,17,19). The second-order valence-electron chi connectivity index (χ2n) is 4.09. The summed E-state index contributed by atoms with van der Waals surface area (Å²) in [6.45, 7) is 1.80. The molecule has 0 bridgehead atoms. The minimum Gasteiger partial charge on any atom is -0.307 e. The molecule has 2 N–H and O–H groups in total. The maximum Gasteiger partial charge on any atom is 0.305 e. The van der Waals surface area contributed by atoms with Crippen molar-refractivity contribution in [3.8, 4) is 0 Å². The van der Waals surface area contributed by atoms with E-state index in [4.69, 9.17) is 0 Å². The predicted molar refractivity (Wildman–Crippen MR) is 68.9 cm³/mol. The summed E-state index contributed by atoms with van der Waals surface area (Å²) in [4.78, 5) is 21.5. The Morgan fingerprint density at radius 1 is 1.48 bits per heavy atom. The third-order valence-electron chi connectivity index (χ3n) is 2.83. The average molecular weight is 296 g/mol. The Hall–Kier alpha value is -2.84. The van der Waals surface area contributed by atoms with Gasteiger partial charge in [0, 0.05) is 11.6 Å². The van der Waals surface area contributed by atoms with Gasteiger partial charge in [-0.05, 0) is 12.5 Å². The number of aromatic nitrogens is 2. The van der Waals surface area contributed by atoms with Crippen LogP contribution < -0.4 is 5.32 Å². The monoisotopic (exact) mass is 296 g/mol. The molecule has 0 aliphatic rings. The van der Waals surface area contributed by atoms with Crippen molar-refractivity contribution in [3.63, 3.8) is 0 Å². The first-order valence-electron chi connectivity index (χ1n) is 5.91. The van der Waals surface area contributed by atoms with Crippen molar-refractivity contribution < 1.29 is 18.5 Å². The first-order valence-corrected chi connectivity index (χ1v) is 5.91. The second-order valence-corrected chi connectivity index (χ2v) is 4.09. The van der Waals surface area contributed by atoms with Crippen LogP contribution in [0.2, 0.25) is 0 Å². The summed E-state index contributed by atoms with van der Waals surface area (Å²) >= 11 is 0. The lowest BCUT2D eigenvalue weighted by Gasteiger charge is -2.07. The maximum absolute atomic E-state index is 13.9. The molecule has 0 unspecified atom stereocenters. The highest BCUT2D eigenvalue weighted by Gasteiger charge is 2.26. The molecule has 7 nitrogen and oxygen atoms in total. The molecule has 21 heavy (non-hydrogen) atoms. The molecule has 0 fully saturated rings. The first-order chi connectivity index (χ1) is 9.95. The van der Waals surface area contributed by atoms with Crippen LogP contribution in [0.5, 0.6) is 0 Å². The van der Waals surface area contributed by atoms with E-state index in [1.807, 2.05) is 0 Å². The van der Waals surface area contributed by atoms with E-state index in [0.29, 0.717) is 24.1 Å². The molecule has 2 aromatic rings. The Kier molecular flexibility index (Phi) is 3.92. The van der Waals surface area contributed by atoms with Crippen molar-refractivity contribution in [2.45, 2.75) is 13.3 Å². The van der Waals surface area contributed by atoms with Crippen LogP contribution in [0.25, 0.3) is 0 Å². The highest BCUT2D eigenvalue weighted by Crippen LogP contribution is 2.24. The van der Waals surface area contributed by atoms with Gasteiger partial charge in [0.1, 0.15) is 17.2 Å². The summed E-state index contributed by atoms with van der Waals surface area (Å²) in [6.07, 6.45) is 1.99. The normalized spacial score (nSPS) is 10.4. The summed E-state index contributed by atoms with van der Waals surface area (Å²) in [5, 5.41) is 19.0. The number of halogens is 2. The average Bonchev–Trinajstić information content (AvgIpc) is 2.85. The number of hydrogen-bond acceptors (Lipinski definition) is 4. The number of H-pyrrole nitrogens is 1. The fourth-order valence-corrected chi connectivity index (χ4v) is 1.75. The Morgan fingerprint density at radius 3 is 2.81 bits per heavy atom. The van der Waals surface area contributed by atoms with Crippen molar-refractivity contribution in [3.05, 3.63) is 51.2 Å². The van der Waals surface area contributed by atoms with Gasteiger partial charge in [0.2, 0.25) is 5.82 Å². The number of nitrogens with one attached hydrogen (secondary N) is 2. The highest BCUT2D eigenvalue weighted by molar-refractivity contribution is 6.04. The molecule has 2 rings (SSSR count). The van der Waals surface area contributed by atoms with Gasteiger partial charge in [0.15, 0.2) is 0 Å². The summed E-state index contributed by atoms with van der Waals surface area (Å²) in [5.74, 6) is -3.65. The molecule has 0 radical (unpaired) electrons. The van der Waals surface area contributed by atoms with E-state index in [1.165, 1.54) is 6.20 Å². The molecule has 0 saturated carbocycles. The van der Waals surface area contributed by atoms with Crippen molar-refractivity contribution >= 4 is 17.4 Å². The Balaban J connectivity index is 2.40. The van der Waals surface area contributed by atoms with Crippen molar-refractivity contribution in [2.24, 2.45) is 0 Å². The zero-order valence-corrected chi connectivity index (χ0v) is 10.8. The van der Waals surface area contributed by atoms with E-state index in [1.54, 1.807) is 6.92 Å². The molecule has 0 spiro atoms. The second kappa shape index (κ2) is 5.65. The fraction of sp³-hybridized carbons (Fsp3) is 0.167. The number of nitro groups is 1. The Morgan fingerprint density at radius 2 is 2.19 bits per heavy atom. The lowest BCUT2D eigenvalue weighted by Crippen LogP contribution is -2.17. The number of nitro benzene ring substituents is 1. The smallest absolute Gasteiger partial charge is 0.305 e. The van der Waals surface area contributed by atoms with Crippen molar-refractivity contribution in [2.75, 3.05) is 5.32 Å². The van der Waals surface area contributed by atoms with Crippen LogP contribution >= 0.6 is 0 Å². The lowest BCUT2D eigenvalue weighted by atomic mass is 10.1. The van der Waals surface area contributed by atoms with Crippen LogP contribution in [0, 0.1) is 21.7 Å². The molecule has 110 valence electrons. The molecule has 0 aliphatic carbocycles. The van der Waals surface area contributed by atoms with E-state index in [-0.39, 0.29) is 5.82 Å². The number of nitrogens with zero attached hydrogens (tertiary/aromatic N) is 2.